The zero-order chi connectivity index (χ0) is 18.1. The third kappa shape index (κ3) is 3.93. The second-order valence-electron chi connectivity index (χ2n) is 6.91. The van der Waals surface area contributed by atoms with Gasteiger partial charge in [-0.15, -0.1) is 0 Å². The molecule has 4 nitrogen and oxygen atoms in total. The number of carbonyl (C=O) groups excluding carboxylic acids is 1. The Bertz CT molecular complexity index is 605. The van der Waals surface area contributed by atoms with Crippen molar-refractivity contribution in [2.24, 2.45) is 0 Å². The second kappa shape index (κ2) is 7.02. The lowest BCUT2D eigenvalue weighted by Gasteiger charge is -2.32. The first-order valence-electron chi connectivity index (χ1n) is 8.03. The summed E-state index contributed by atoms with van der Waals surface area (Å²) < 4.78 is 31.5. The lowest BCUT2D eigenvalue weighted by Crippen LogP contribution is -2.41. The number of rotatable bonds is 5. The van der Waals surface area contributed by atoms with E-state index in [2.05, 4.69) is 0 Å². The van der Waals surface area contributed by atoms with Crippen LogP contribution in [0, 0.1) is 5.82 Å². The van der Waals surface area contributed by atoms with Gasteiger partial charge in [-0.05, 0) is 52.3 Å². The van der Waals surface area contributed by atoms with Crippen LogP contribution < -0.4 is 0 Å². The molecule has 0 amide bonds. The minimum atomic E-state index is -0.755. The number of carbonyl (C=O) groups is 1. The Hall–Kier alpha value is -1.11. The molecule has 0 radical (unpaired) electrons. The van der Waals surface area contributed by atoms with Crippen molar-refractivity contribution >= 4 is 24.7 Å². The minimum Gasteiger partial charge on any atom is -0.466 e. The van der Waals surface area contributed by atoms with Crippen LogP contribution in [-0.4, -0.2) is 30.9 Å². The molecular weight excluding hydrogens is 333 g/mol. The van der Waals surface area contributed by atoms with Crippen LogP contribution in [0.15, 0.2) is 18.2 Å². The molecule has 1 saturated heterocycles. The molecule has 1 aromatic rings. The van der Waals surface area contributed by atoms with Crippen molar-refractivity contribution in [3.05, 3.63) is 34.6 Å². The van der Waals surface area contributed by atoms with Gasteiger partial charge in [0.25, 0.3) is 0 Å². The van der Waals surface area contributed by atoms with Gasteiger partial charge >= 0.3 is 13.1 Å². The van der Waals surface area contributed by atoms with Crippen LogP contribution in [0.1, 0.15) is 52.4 Å². The second-order valence-corrected chi connectivity index (χ2v) is 7.34. The highest BCUT2D eigenvalue weighted by Crippen LogP contribution is 2.42. The van der Waals surface area contributed by atoms with E-state index in [0.29, 0.717) is 10.6 Å². The van der Waals surface area contributed by atoms with E-state index in [0.717, 1.165) is 0 Å². The standard InChI is InChI=1S/C17H23BClFO4/c1-6-22-15(21)10-13(12-8-7-11(19)9-14(12)20)18-23-16(2,3)17(4,5)24-18/h7-9,13H,6,10H2,1-5H3. The number of esters is 1. The maximum Gasteiger partial charge on any atom is 0.466 e. The summed E-state index contributed by atoms with van der Waals surface area (Å²) in [5, 5.41) is 0.292. The molecule has 1 fully saturated rings. The van der Waals surface area contributed by atoms with E-state index in [4.69, 9.17) is 25.6 Å². The number of ether oxygens (including phenoxy) is 1. The third-order valence-electron chi connectivity index (χ3n) is 4.65. The summed E-state index contributed by atoms with van der Waals surface area (Å²) in [6.45, 7) is 9.63. The van der Waals surface area contributed by atoms with Crippen LogP contribution >= 0.6 is 11.6 Å². The van der Waals surface area contributed by atoms with Crippen molar-refractivity contribution in [1.29, 1.82) is 0 Å². The molecule has 1 atom stereocenters. The monoisotopic (exact) mass is 356 g/mol. The highest BCUT2D eigenvalue weighted by molar-refractivity contribution is 6.48. The van der Waals surface area contributed by atoms with Crippen molar-refractivity contribution in [1.82, 2.24) is 0 Å². The van der Waals surface area contributed by atoms with E-state index in [1.165, 1.54) is 6.07 Å². The van der Waals surface area contributed by atoms with E-state index >= 15 is 0 Å². The van der Waals surface area contributed by atoms with Gasteiger partial charge in [-0.1, -0.05) is 17.7 Å². The fraction of sp³-hybridized carbons (Fsp3) is 0.588. The Morgan fingerprint density at radius 1 is 1.29 bits per heavy atom. The number of hydrogen-bond acceptors (Lipinski definition) is 4. The number of benzene rings is 1. The first kappa shape index (κ1) is 19.2. The van der Waals surface area contributed by atoms with Crippen LogP contribution in [0.4, 0.5) is 4.39 Å². The summed E-state index contributed by atoms with van der Waals surface area (Å²) in [5.41, 5.74) is -0.827. The highest BCUT2D eigenvalue weighted by Gasteiger charge is 2.54. The van der Waals surface area contributed by atoms with Crippen molar-refractivity contribution in [3.8, 4) is 0 Å². The normalized spacial score (nSPS) is 20.0. The van der Waals surface area contributed by atoms with Crippen LogP contribution in [0.2, 0.25) is 5.02 Å². The molecule has 2 rings (SSSR count). The highest BCUT2D eigenvalue weighted by atomic mass is 35.5. The average Bonchev–Trinajstić information content (AvgIpc) is 2.65. The molecule has 132 valence electrons. The van der Waals surface area contributed by atoms with Gasteiger partial charge in [-0.3, -0.25) is 4.79 Å². The van der Waals surface area contributed by atoms with Gasteiger partial charge in [-0.25, -0.2) is 4.39 Å². The molecule has 1 aliphatic heterocycles. The third-order valence-corrected chi connectivity index (χ3v) is 4.89. The first-order valence-corrected chi connectivity index (χ1v) is 8.41. The van der Waals surface area contributed by atoms with Gasteiger partial charge in [0.05, 0.1) is 24.2 Å². The molecule has 1 aromatic carbocycles. The van der Waals surface area contributed by atoms with Gasteiger partial charge in [0.2, 0.25) is 0 Å². The van der Waals surface area contributed by atoms with E-state index < -0.39 is 35.9 Å². The summed E-state index contributed by atoms with van der Waals surface area (Å²) in [5.74, 6) is -1.54. The summed E-state index contributed by atoms with van der Waals surface area (Å²) in [6, 6.07) is 4.37. The van der Waals surface area contributed by atoms with Gasteiger partial charge in [-0.2, -0.15) is 0 Å². The predicted octanol–water partition coefficient (Wildman–Crippen LogP) is 4.15. The van der Waals surface area contributed by atoms with Crippen LogP contribution in [0.5, 0.6) is 0 Å². The average molecular weight is 357 g/mol. The molecule has 0 spiro atoms. The summed E-state index contributed by atoms with van der Waals surface area (Å²) >= 11 is 5.83. The van der Waals surface area contributed by atoms with Gasteiger partial charge in [0, 0.05) is 10.8 Å². The maximum absolute atomic E-state index is 14.4. The molecule has 1 unspecified atom stereocenters. The lowest BCUT2D eigenvalue weighted by molar-refractivity contribution is -0.143. The molecule has 7 heteroatoms. The Kier molecular flexibility index (Phi) is 5.62. The molecule has 24 heavy (non-hydrogen) atoms. The lowest BCUT2D eigenvalue weighted by atomic mass is 9.66. The maximum atomic E-state index is 14.4. The molecular formula is C17H23BClFO4. The summed E-state index contributed by atoms with van der Waals surface area (Å²) in [4.78, 5) is 12.0. The Morgan fingerprint density at radius 3 is 2.38 bits per heavy atom. The minimum absolute atomic E-state index is 0.0385. The molecule has 0 saturated carbocycles. The topological polar surface area (TPSA) is 44.8 Å². The van der Waals surface area contributed by atoms with Crippen LogP contribution in [0.3, 0.4) is 0 Å². The van der Waals surface area contributed by atoms with Crippen LogP contribution in [-0.2, 0) is 18.8 Å². The zero-order valence-corrected chi connectivity index (χ0v) is 15.4. The molecule has 0 aromatic heterocycles. The Morgan fingerprint density at radius 2 is 1.88 bits per heavy atom. The molecule has 0 N–H and O–H groups in total. The number of halogens is 2. The summed E-state index contributed by atoms with van der Waals surface area (Å²) in [7, 11) is -0.755. The van der Waals surface area contributed by atoms with Gasteiger partial charge in [0.15, 0.2) is 0 Å². The van der Waals surface area contributed by atoms with Gasteiger partial charge in [0.1, 0.15) is 5.82 Å². The van der Waals surface area contributed by atoms with E-state index in [1.807, 2.05) is 27.7 Å². The van der Waals surface area contributed by atoms with Crippen LogP contribution in [0.25, 0.3) is 0 Å². The molecule has 0 bridgehead atoms. The summed E-state index contributed by atoms with van der Waals surface area (Å²) in [6.07, 6.45) is -0.0385. The zero-order valence-electron chi connectivity index (χ0n) is 14.7. The fourth-order valence-electron chi connectivity index (χ4n) is 2.61. The Balaban J connectivity index is 2.35. The smallest absolute Gasteiger partial charge is 0.466 e. The van der Waals surface area contributed by atoms with Gasteiger partial charge < -0.3 is 14.0 Å². The molecule has 0 aliphatic carbocycles. The largest absolute Gasteiger partial charge is 0.466 e. The fourth-order valence-corrected chi connectivity index (χ4v) is 2.77. The number of hydrogen-bond donors (Lipinski definition) is 0. The van der Waals surface area contributed by atoms with Crippen molar-refractivity contribution in [2.45, 2.75) is 58.1 Å². The first-order chi connectivity index (χ1) is 11.1. The molecule has 1 aliphatic rings. The Labute approximate surface area is 147 Å². The van der Waals surface area contributed by atoms with E-state index in [-0.39, 0.29) is 13.0 Å². The quantitative estimate of drug-likeness (QED) is 0.587. The van der Waals surface area contributed by atoms with Crippen molar-refractivity contribution < 1.29 is 23.2 Å². The molecule has 1 heterocycles. The van der Waals surface area contributed by atoms with Crippen molar-refractivity contribution in [3.63, 3.8) is 0 Å². The van der Waals surface area contributed by atoms with E-state index in [1.54, 1.807) is 19.1 Å². The SMILES string of the molecule is CCOC(=O)CC(B1OC(C)(C)C(C)(C)O1)c1ccc(Cl)cc1F. The van der Waals surface area contributed by atoms with E-state index in [9.17, 15) is 9.18 Å². The predicted molar refractivity (Wildman–Crippen MR) is 91.5 cm³/mol. The van der Waals surface area contributed by atoms with Crippen molar-refractivity contribution in [2.75, 3.05) is 6.61 Å².